The van der Waals surface area contributed by atoms with Gasteiger partial charge in [-0.3, -0.25) is 0 Å². The van der Waals surface area contributed by atoms with Gasteiger partial charge in [0.05, 0.1) is 19.8 Å². The van der Waals surface area contributed by atoms with Crippen molar-refractivity contribution < 1.29 is 18.4 Å². The highest BCUT2D eigenvalue weighted by atomic mass is 19.1. The largest absolute Gasteiger partial charge is 0.494 e. The molecule has 2 rings (SSSR count). The van der Waals surface area contributed by atoms with Crippen molar-refractivity contribution in [1.82, 2.24) is 10.1 Å². The van der Waals surface area contributed by atoms with Gasteiger partial charge in [0, 0.05) is 12.7 Å². The van der Waals surface area contributed by atoms with Gasteiger partial charge in [-0.05, 0) is 18.2 Å². The van der Waals surface area contributed by atoms with E-state index in [1.54, 1.807) is 0 Å². The first-order chi connectivity index (χ1) is 9.15. The van der Waals surface area contributed by atoms with Gasteiger partial charge in [0.25, 0.3) is 5.89 Å². The van der Waals surface area contributed by atoms with Crippen molar-refractivity contribution in [3.8, 4) is 17.2 Å². The molecule has 2 aromatic rings. The Kier molecular flexibility index (Phi) is 4.08. The Labute approximate surface area is 109 Å². The molecule has 1 unspecified atom stereocenters. The van der Waals surface area contributed by atoms with Crippen LogP contribution < -0.4 is 10.5 Å². The van der Waals surface area contributed by atoms with Crippen LogP contribution in [0.3, 0.4) is 0 Å². The Balaban J connectivity index is 2.27. The average molecular weight is 267 g/mol. The Morgan fingerprint density at radius 2 is 2.21 bits per heavy atom. The number of halogens is 1. The second-order valence-electron chi connectivity index (χ2n) is 3.87. The molecule has 102 valence electrons. The summed E-state index contributed by atoms with van der Waals surface area (Å²) >= 11 is 0. The smallest absolute Gasteiger partial charge is 0.258 e. The standard InChI is InChI=1S/C12H14FN3O3/c1-17-6-9(14)11-15-12(19-16-11)7-3-4-8(13)10(5-7)18-2/h3-5,9H,6,14H2,1-2H3. The third kappa shape index (κ3) is 2.88. The van der Waals surface area contributed by atoms with E-state index in [0.29, 0.717) is 11.4 Å². The number of nitrogens with two attached hydrogens (primary N) is 1. The first-order valence-corrected chi connectivity index (χ1v) is 5.57. The van der Waals surface area contributed by atoms with E-state index in [4.69, 9.17) is 19.7 Å². The van der Waals surface area contributed by atoms with Crippen molar-refractivity contribution in [3.05, 3.63) is 29.8 Å². The third-order valence-corrected chi connectivity index (χ3v) is 2.52. The summed E-state index contributed by atoms with van der Waals surface area (Å²) < 4.78 is 28.2. The predicted octanol–water partition coefficient (Wildman–Crippen LogP) is 1.53. The monoisotopic (exact) mass is 267 g/mol. The fourth-order valence-corrected chi connectivity index (χ4v) is 1.55. The molecule has 0 fully saturated rings. The van der Waals surface area contributed by atoms with Crippen LogP contribution in [0, 0.1) is 5.82 Å². The summed E-state index contributed by atoms with van der Waals surface area (Å²) in [6, 6.07) is 3.81. The minimum absolute atomic E-state index is 0.110. The number of hydrogen-bond acceptors (Lipinski definition) is 6. The maximum absolute atomic E-state index is 13.3. The van der Waals surface area contributed by atoms with Gasteiger partial charge < -0.3 is 19.7 Å². The summed E-state index contributed by atoms with van der Waals surface area (Å²) in [6.45, 7) is 0.283. The van der Waals surface area contributed by atoms with E-state index in [9.17, 15) is 4.39 Å². The van der Waals surface area contributed by atoms with E-state index in [0.717, 1.165) is 0 Å². The van der Waals surface area contributed by atoms with Crippen LogP contribution in [0.2, 0.25) is 0 Å². The van der Waals surface area contributed by atoms with Gasteiger partial charge in [-0.15, -0.1) is 0 Å². The number of methoxy groups -OCH3 is 2. The van der Waals surface area contributed by atoms with Gasteiger partial charge in [0.15, 0.2) is 17.4 Å². The molecule has 19 heavy (non-hydrogen) atoms. The maximum Gasteiger partial charge on any atom is 0.258 e. The van der Waals surface area contributed by atoms with Crippen molar-refractivity contribution in [2.24, 2.45) is 5.73 Å². The molecule has 0 bridgehead atoms. The van der Waals surface area contributed by atoms with E-state index < -0.39 is 11.9 Å². The molecule has 0 saturated heterocycles. The molecule has 0 aliphatic rings. The number of benzene rings is 1. The van der Waals surface area contributed by atoms with Crippen molar-refractivity contribution in [2.75, 3.05) is 20.8 Å². The summed E-state index contributed by atoms with van der Waals surface area (Å²) in [4.78, 5) is 4.14. The van der Waals surface area contributed by atoms with E-state index in [1.165, 1.54) is 32.4 Å². The molecule has 0 amide bonds. The first-order valence-electron chi connectivity index (χ1n) is 5.57. The maximum atomic E-state index is 13.3. The summed E-state index contributed by atoms with van der Waals surface area (Å²) in [6.07, 6.45) is 0. The van der Waals surface area contributed by atoms with Crippen molar-refractivity contribution in [2.45, 2.75) is 6.04 Å². The zero-order chi connectivity index (χ0) is 13.8. The molecule has 0 spiro atoms. The number of aromatic nitrogens is 2. The van der Waals surface area contributed by atoms with Crippen molar-refractivity contribution >= 4 is 0 Å². The first kappa shape index (κ1) is 13.4. The van der Waals surface area contributed by atoms with E-state index >= 15 is 0 Å². The lowest BCUT2D eigenvalue weighted by atomic mass is 10.2. The van der Waals surface area contributed by atoms with Crippen molar-refractivity contribution in [1.29, 1.82) is 0 Å². The fraction of sp³-hybridized carbons (Fsp3) is 0.333. The number of hydrogen-bond donors (Lipinski definition) is 1. The van der Waals surface area contributed by atoms with E-state index in [-0.39, 0.29) is 18.2 Å². The van der Waals surface area contributed by atoms with Crippen LogP contribution in [0.4, 0.5) is 4.39 Å². The zero-order valence-electron chi connectivity index (χ0n) is 10.6. The molecule has 1 heterocycles. The topological polar surface area (TPSA) is 83.4 Å². The predicted molar refractivity (Wildman–Crippen MR) is 65.0 cm³/mol. The second kappa shape index (κ2) is 5.77. The Morgan fingerprint density at radius 1 is 1.42 bits per heavy atom. The molecule has 1 aromatic heterocycles. The molecule has 1 aromatic carbocycles. The van der Waals surface area contributed by atoms with Gasteiger partial charge in [-0.1, -0.05) is 5.16 Å². The Bertz CT molecular complexity index is 559. The Morgan fingerprint density at radius 3 is 2.89 bits per heavy atom. The van der Waals surface area contributed by atoms with Crippen LogP contribution >= 0.6 is 0 Å². The van der Waals surface area contributed by atoms with Crippen LogP contribution in [-0.2, 0) is 4.74 Å². The molecule has 6 nitrogen and oxygen atoms in total. The minimum atomic E-state index is -0.468. The third-order valence-electron chi connectivity index (χ3n) is 2.52. The molecule has 0 radical (unpaired) electrons. The highest BCUT2D eigenvalue weighted by molar-refractivity contribution is 5.56. The summed E-state index contributed by atoms with van der Waals surface area (Å²) in [5, 5.41) is 3.76. The SMILES string of the molecule is COCC(N)c1noc(-c2ccc(F)c(OC)c2)n1. The van der Waals surface area contributed by atoms with Gasteiger partial charge in [0.1, 0.15) is 0 Å². The minimum Gasteiger partial charge on any atom is -0.494 e. The lowest BCUT2D eigenvalue weighted by Gasteiger charge is -2.03. The van der Waals surface area contributed by atoms with Crippen LogP contribution in [0.25, 0.3) is 11.5 Å². The molecule has 0 aliphatic carbocycles. The molecule has 0 saturated carbocycles. The normalized spacial score (nSPS) is 12.4. The van der Waals surface area contributed by atoms with E-state index in [1.807, 2.05) is 0 Å². The lowest BCUT2D eigenvalue weighted by molar-refractivity contribution is 0.177. The highest BCUT2D eigenvalue weighted by Gasteiger charge is 2.16. The molecular formula is C12H14FN3O3. The molecular weight excluding hydrogens is 253 g/mol. The number of rotatable bonds is 5. The Hall–Kier alpha value is -1.99. The average Bonchev–Trinajstić information content (AvgIpc) is 2.89. The van der Waals surface area contributed by atoms with Gasteiger partial charge in [-0.25, -0.2) is 4.39 Å². The lowest BCUT2D eigenvalue weighted by Crippen LogP contribution is -2.17. The van der Waals surface area contributed by atoms with Crippen LogP contribution in [0.1, 0.15) is 11.9 Å². The van der Waals surface area contributed by atoms with Gasteiger partial charge in [0.2, 0.25) is 0 Å². The van der Waals surface area contributed by atoms with Crippen molar-refractivity contribution in [3.63, 3.8) is 0 Å². The van der Waals surface area contributed by atoms with Crippen LogP contribution in [0.15, 0.2) is 22.7 Å². The van der Waals surface area contributed by atoms with E-state index in [2.05, 4.69) is 10.1 Å². The second-order valence-corrected chi connectivity index (χ2v) is 3.87. The summed E-state index contributed by atoms with van der Waals surface area (Å²) in [7, 11) is 2.92. The fourth-order valence-electron chi connectivity index (χ4n) is 1.55. The quantitative estimate of drug-likeness (QED) is 0.884. The number of ether oxygens (including phenoxy) is 2. The molecule has 0 aliphatic heterocycles. The number of nitrogens with zero attached hydrogens (tertiary/aromatic N) is 2. The summed E-state index contributed by atoms with van der Waals surface area (Å²) in [5.41, 5.74) is 6.34. The summed E-state index contributed by atoms with van der Waals surface area (Å²) in [5.74, 6) is 0.237. The zero-order valence-corrected chi connectivity index (χ0v) is 10.6. The van der Waals surface area contributed by atoms with Gasteiger partial charge in [-0.2, -0.15) is 4.98 Å². The van der Waals surface area contributed by atoms with Crippen LogP contribution in [-0.4, -0.2) is 31.0 Å². The highest BCUT2D eigenvalue weighted by Crippen LogP contribution is 2.25. The molecule has 7 heteroatoms. The molecule has 1 atom stereocenters. The van der Waals surface area contributed by atoms with Crippen LogP contribution in [0.5, 0.6) is 5.75 Å². The molecule has 2 N–H and O–H groups in total. The van der Waals surface area contributed by atoms with Gasteiger partial charge >= 0.3 is 0 Å².